The first-order chi connectivity index (χ1) is 9.80. The predicted molar refractivity (Wildman–Crippen MR) is 90.4 cm³/mol. The Bertz CT molecular complexity index is 445. The Morgan fingerprint density at radius 1 is 1.29 bits per heavy atom. The number of sulfone groups is 1. The lowest BCUT2D eigenvalue weighted by Gasteiger charge is -2.52. The average molecular weight is 336 g/mol. The zero-order valence-electron chi connectivity index (χ0n) is 13.4. The molecule has 2 N–H and O–H groups in total. The van der Waals surface area contributed by atoms with E-state index in [-0.39, 0.29) is 10.9 Å². The van der Waals surface area contributed by atoms with Gasteiger partial charge < -0.3 is 10.6 Å². The van der Waals surface area contributed by atoms with E-state index in [0.29, 0.717) is 18.3 Å². The van der Waals surface area contributed by atoms with Crippen LogP contribution in [0.15, 0.2) is 0 Å². The summed E-state index contributed by atoms with van der Waals surface area (Å²) in [5.41, 5.74) is 6.00. The maximum atomic E-state index is 12.2. The maximum absolute atomic E-state index is 12.2. The van der Waals surface area contributed by atoms with Crippen LogP contribution in [0.3, 0.4) is 0 Å². The molecular formula is C14H29N3O2S2. The van der Waals surface area contributed by atoms with Crippen LogP contribution in [-0.4, -0.2) is 79.1 Å². The standard InChI is InChI=1S/C14H29N3O2S2/c1-12(2)16-6-4-14(11-15,5-7-16)17-8-9-20-10-13(17)21(3,18)19/h12-13H,4-11,15H2,1-3H3. The van der Waals surface area contributed by atoms with Crippen LogP contribution in [-0.2, 0) is 9.84 Å². The van der Waals surface area contributed by atoms with Gasteiger partial charge in [0.05, 0.1) is 0 Å². The summed E-state index contributed by atoms with van der Waals surface area (Å²) in [6.07, 6.45) is 3.31. The summed E-state index contributed by atoms with van der Waals surface area (Å²) in [7, 11) is -3.07. The highest BCUT2D eigenvalue weighted by molar-refractivity contribution is 8.00. The number of hydrogen-bond donors (Lipinski definition) is 1. The maximum Gasteiger partial charge on any atom is 0.164 e. The van der Waals surface area contributed by atoms with Gasteiger partial charge in [-0.25, -0.2) is 8.42 Å². The zero-order valence-corrected chi connectivity index (χ0v) is 15.0. The third-order valence-electron chi connectivity index (χ3n) is 5.03. The van der Waals surface area contributed by atoms with Crippen molar-refractivity contribution in [1.82, 2.24) is 9.80 Å². The molecule has 0 aromatic rings. The molecule has 2 aliphatic rings. The number of thioether (sulfide) groups is 1. The van der Waals surface area contributed by atoms with Crippen molar-refractivity contribution in [2.75, 3.05) is 43.9 Å². The summed E-state index contributed by atoms with van der Waals surface area (Å²) >= 11 is 1.74. The van der Waals surface area contributed by atoms with Crippen molar-refractivity contribution >= 4 is 21.6 Å². The van der Waals surface area contributed by atoms with Gasteiger partial charge in [-0.15, -0.1) is 0 Å². The highest BCUT2D eigenvalue weighted by Crippen LogP contribution is 2.35. The molecule has 0 aromatic heterocycles. The van der Waals surface area contributed by atoms with Gasteiger partial charge in [0.15, 0.2) is 9.84 Å². The minimum absolute atomic E-state index is 0.139. The Hall–Kier alpha value is 0.180. The smallest absolute Gasteiger partial charge is 0.164 e. The Morgan fingerprint density at radius 2 is 1.90 bits per heavy atom. The van der Waals surface area contributed by atoms with Crippen LogP contribution >= 0.6 is 11.8 Å². The number of likely N-dealkylation sites (tertiary alicyclic amines) is 1. The molecule has 2 saturated heterocycles. The van der Waals surface area contributed by atoms with Gasteiger partial charge in [0.1, 0.15) is 5.37 Å². The predicted octanol–water partition coefficient (Wildman–Crippen LogP) is 0.608. The number of hydrogen-bond acceptors (Lipinski definition) is 6. The first-order valence-electron chi connectivity index (χ1n) is 7.78. The van der Waals surface area contributed by atoms with Crippen molar-refractivity contribution in [2.24, 2.45) is 5.73 Å². The molecule has 0 amide bonds. The van der Waals surface area contributed by atoms with Gasteiger partial charge in [0.25, 0.3) is 0 Å². The molecule has 2 fully saturated rings. The first-order valence-corrected chi connectivity index (χ1v) is 10.9. The molecule has 0 saturated carbocycles. The van der Waals surface area contributed by atoms with Gasteiger partial charge in [0.2, 0.25) is 0 Å². The Labute approximate surface area is 133 Å². The van der Waals surface area contributed by atoms with Crippen LogP contribution < -0.4 is 5.73 Å². The first kappa shape index (κ1) is 17.5. The van der Waals surface area contributed by atoms with Crippen molar-refractivity contribution in [3.8, 4) is 0 Å². The Balaban J connectivity index is 2.19. The second kappa shape index (κ2) is 6.74. The molecule has 0 aromatic carbocycles. The number of nitrogens with two attached hydrogens (primary N) is 1. The van der Waals surface area contributed by atoms with Crippen LogP contribution in [0.2, 0.25) is 0 Å². The average Bonchev–Trinajstić information content (AvgIpc) is 2.46. The summed E-state index contributed by atoms with van der Waals surface area (Å²) in [6, 6.07) is 0.545. The second-order valence-corrected chi connectivity index (χ2v) is 9.96. The number of piperidine rings is 1. The van der Waals surface area contributed by atoms with Gasteiger partial charge in [-0.2, -0.15) is 11.8 Å². The van der Waals surface area contributed by atoms with Crippen LogP contribution in [0.25, 0.3) is 0 Å². The molecule has 2 rings (SSSR count). The summed E-state index contributed by atoms with van der Waals surface area (Å²) in [5.74, 6) is 1.68. The summed E-state index contributed by atoms with van der Waals surface area (Å²) in [6.45, 7) is 7.83. The third kappa shape index (κ3) is 3.75. The van der Waals surface area contributed by atoms with E-state index < -0.39 is 9.84 Å². The lowest BCUT2D eigenvalue weighted by atomic mass is 9.85. The highest BCUT2D eigenvalue weighted by Gasteiger charge is 2.45. The molecule has 7 heteroatoms. The molecule has 0 bridgehead atoms. The van der Waals surface area contributed by atoms with Crippen LogP contribution in [0.4, 0.5) is 0 Å². The molecule has 0 spiro atoms. The lowest BCUT2D eigenvalue weighted by Crippen LogP contribution is -2.65. The van der Waals surface area contributed by atoms with Crippen LogP contribution in [0.5, 0.6) is 0 Å². The van der Waals surface area contributed by atoms with Gasteiger partial charge in [0, 0.05) is 55.5 Å². The van der Waals surface area contributed by atoms with Crippen molar-refractivity contribution < 1.29 is 8.42 Å². The zero-order chi connectivity index (χ0) is 15.7. The second-order valence-electron chi connectivity index (χ2n) is 6.61. The van der Waals surface area contributed by atoms with E-state index in [1.54, 1.807) is 11.8 Å². The lowest BCUT2D eigenvalue weighted by molar-refractivity contribution is 0.0150. The Kier molecular flexibility index (Phi) is 5.63. The normalized spacial score (nSPS) is 28.9. The van der Waals surface area contributed by atoms with E-state index in [1.807, 2.05) is 0 Å². The molecular weight excluding hydrogens is 306 g/mol. The minimum atomic E-state index is -3.07. The molecule has 0 radical (unpaired) electrons. The SMILES string of the molecule is CC(C)N1CCC(CN)(N2CCSCC2S(C)(=O)=O)CC1. The quantitative estimate of drug-likeness (QED) is 0.812. The molecule has 1 unspecified atom stereocenters. The monoisotopic (exact) mass is 335 g/mol. The van der Waals surface area contributed by atoms with Gasteiger partial charge >= 0.3 is 0 Å². The summed E-state index contributed by atoms with van der Waals surface area (Å²) in [5, 5.41) is -0.370. The van der Waals surface area contributed by atoms with Crippen molar-refractivity contribution in [2.45, 2.75) is 43.6 Å². The molecule has 21 heavy (non-hydrogen) atoms. The topological polar surface area (TPSA) is 66.6 Å². The summed E-state index contributed by atoms with van der Waals surface area (Å²) < 4.78 is 24.3. The van der Waals surface area contributed by atoms with E-state index in [1.165, 1.54) is 6.26 Å². The Morgan fingerprint density at radius 3 is 2.38 bits per heavy atom. The van der Waals surface area contributed by atoms with Gasteiger partial charge in [-0.3, -0.25) is 4.90 Å². The molecule has 1 atom stereocenters. The van der Waals surface area contributed by atoms with E-state index in [0.717, 1.165) is 38.2 Å². The van der Waals surface area contributed by atoms with E-state index in [4.69, 9.17) is 5.73 Å². The fourth-order valence-electron chi connectivity index (χ4n) is 3.54. The molecule has 5 nitrogen and oxygen atoms in total. The van der Waals surface area contributed by atoms with Gasteiger partial charge in [-0.05, 0) is 26.7 Å². The molecule has 2 aliphatic heterocycles. The van der Waals surface area contributed by atoms with Crippen molar-refractivity contribution in [3.05, 3.63) is 0 Å². The summed E-state index contributed by atoms with van der Waals surface area (Å²) in [4.78, 5) is 4.68. The largest absolute Gasteiger partial charge is 0.329 e. The molecule has 124 valence electrons. The van der Waals surface area contributed by atoms with Crippen LogP contribution in [0, 0.1) is 0 Å². The fraction of sp³-hybridized carbons (Fsp3) is 1.00. The van der Waals surface area contributed by atoms with E-state index >= 15 is 0 Å². The molecule has 2 heterocycles. The van der Waals surface area contributed by atoms with Crippen molar-refractivity contribution in [3.63, 3.8) is 0 Å². The van der Waals surface area contributed by atoms with Crippen molar-refractivity contribution in [1.29, 1.82) is 0 Å². The number of nitrogens with zero attached hydrogens (tertiary/aromatic N) is 2. The molecule has 0 aliphatic carbocycles. The minimum Gasteiger partial charge on any atom is -0.329 e. The fourth-order valence-corrected chi connectivity index (χ4v) is 6.49. The number of rotatable bonds is 4. The van der Waals surface area contributed by atoms with E-state index in [9.17, 15) is 8.42 Å². The van der Waals surface area contributed by atoms with E-state index in [2.05, 4.69) is 23.6 Å². The third-order valence-corrected chi connectivity index (χ3v) is 7.67. The van der Waals surface area contributed by atoms with Gasteiger partial charge in [-0.1, -0.05) is 0 Å². The van der Waals surface area contributed by atoms with Crippen LogP contribution in [0.1, 0.15) is 26.7 Å². The highest BCUT2D eigenvalue weighted by atomic mass is 32.2.